The molecule has 9 heteroatoms. The second-order valence-electron chi connectivity index (χ2n) is 26.9. The van der Waals surface area contributed by atoms with Crippen LogP contribution in [0.2, 0.25) is 0 Å². The molecule has 0 fully saturated rings. The first-order valence-corrected chi connectivity index (χ1v) is 37.8. The average molecular weight is 1230 g/mol. The van der Waals surface area contributed by atoms with Crippen LogP contribution in [0.3, 0.4) is 0 Å². The number of rotatable bonds is 71. The number of carboxylic acids is 1. The zero-order valence-corrected chi connectivity index (χ0v) is 58.5. The molecule has 0 heterocycles. The minimum absolute atomic E-state index is 0.178. The molecule has 0 aliphatic carbocycles. The topological polar surface area (TPSA) is 108 Å². The number of allylic oxidation sites excluding steroid dienone is 8. The Morgan fingerprint density at radius 3 is 0.977 bits per heavy atom. The van der Waals surface area contributed by atoms with E-state index in [4.69, 9.17) is 18.9 Å². The summed E-state index contributed by atoms with van der Waals surface area (Å²) in [5.74, 6) is -1.98. The lowest BCUT2D eigenvalue weighted by Gasteiger charge is -2.25. The molecule has 0 radical (unpaired) electrons. The van der Waals surface area contributed by atoms with E-state index in [0.717, 1.165) is 64.2 Å². The third-order valence-corrected chi connectivity index (χ3v) is 17.1. The van der Waals surface area contributed by atoms with Crippen LogP contribution in [0, 0.1) is 0 Å². The largest absolute Gasteiger partial charge is 0.477 e. The van der Waals surface area contributed by atoms with E-state index in [1.165, 1.54) is 283 Å². The number of unbranched alkanes of at least 4 members (excludes halogenated alkanes) is 48. The zero-order chi connectivity index (χ0) is 63.3. The summed E-state index contributed by atoms with van der Waals surface area (Å²) in [6, 6.07) is 0. The van der Waals surface area contributed by atoms with Crippen molar-refractivity contribution in [2.45, 2.75) is 386 Å². The van der Waals surface area contributed by atoms with E-state index in [1.807, 2.05) is 21.1 Å². The minimum Gasteiger partial charge on any atom is -0.477 e. The van der Waals surface area contributed by atoms with Crippen LogP contribution in [0.4, 0.5) is 0 Å². The second-order valence-corrected chi connectivity index (χ2v) is 26.9. The quantitative estimate of drug-likeness (QED) is 0.0211. The van der Waals surface area contributed by atoms with Crippen molar-refractivity contribution in [1.82, 2.24) is 0 Å². The van der Waals surface area contributed by atoms with Crippen LogP contribution in [0.25, 0.3) is 0 Å². The van der Waals surface area contributed by atoms with Crippen molar-refractivity contribution >= 4 is 17.9 Å². The Morgan fingerprint density at radius 2 is 0.655 bits per heavy atom. The number of nitrogens with zero attached hydrogens (tertiary/aromatic N) is 1. The van der Waals surface area contributed by atoms with Crippen molar-refractivity contribution in [1.29, 1.82) is 0 Å². The lowest BCUT2D eigenvalue weighted by molar-refractivity contribution is -0.870. The summed E-state index contributed by atoms with van der Waals surface area (Å²) in [6.45, 7) is 4.83. The van der Waals surface area contributed by atoms with Crippen LogP contribution in [0.15, 0.2) is 48.6 Å². The first kappa shape index (κ1) is 84.2. The number of carbonyl (C=O) groups is 3. The van der Waals surface area contributed by atoms with E-state index in [9.17, 15) is 19.5 Å². The van der Waals surface area contributed by atoms with Crippen molar-refractivity contribution in [2.24, 2.45) is 0 Å². The number of aliphatic carboxylic acids is 1. The number of carboxylic acid groups (broad SMARTS) is 1. The third-order valence-electron chi connectivity index (χ3n) is 17.1. The molecule has 0 aliphatic heterocycles. The minimum atomic E-state index is -1.51. The number of ether oxygens (including phenoxy) is 4. The van der Waals surface area contributed by atoms with E-state index in [0.29, 0.717) is 17.4 Å². The molecule has 9 nitrogen and oxygen atoms in total. The molecular weight excluding hydrogens is 1080 g/mol. The number of esters is 2. The maximum Gasteiger partial charge on any atom is 0.361 e. The van der Waals surface area contributed by atoms with Gasteiger partial charge in [0.1, 0.15) is 13.2 Å². The van der Waals surface area contributed by atoms with Crippen LogP contribution in [-0.4, -0.2) is 87.4 Å². The van der Waals surface area contributed by atoms with Gasteiger partial charge >= 0.3 is 17.9 Å². The predicted molar refractivity (Wildman–Crippen MR) is 374 cm³/mol. The van der Waals surface area contributed by atoms with Crippen LogP contribution in [0.5, 0.6) is 0 Å². The molecule has 87 heavy (non-hydrogen) atoms. The third kappa shape index (κ3) is 70.6. The maximum atomic E-state index is 13.0. The fourth-order valence-electron chi connectivity index (χ4n) is 11.4. The van der Waals surface area contributed by atoms with Crippen LogP contribution in [0.1, 0.15) is 373 Å². The fourth-order valence-corrected chi connectivity index (χ4v) is 11.4. The van der Waals surface area contributed by atoms with Crippen LogP contribution in [-0.2, 0) is 33.3 Å². The Hall–Kier alpha value is -2.75. The highest BCUT2D eigenvalue weighted by atomic mass is 16.7. The van der Waals surface area contributed by atoms with Gasteiger partial charge in [0.2, 0.25) is 0 Å². The number of likely N-dealkylation sites (N-methyl/N-ethyl adjacent to an activating group) is 1. The van der Waals surface area contributed by atoms with E-state index >= 15 is 0 Å². The molecule has 0 rings (SSSR count). The van der Waals surface area contributed by atoms with E-state index < -0.39 is 18.4 Å². The molecule has 0 saturated heterocycles. The molecule has 2 atom stereocenters. The highest BCUT2D eigenvalue weighted by Gasteiger charge is 2.25. The fraction of sp³-hybridized carbons (Fsp3) is 0.859. The summed E-state index contributed by atoms with van der Waals surface area (Å²) in [5.41, 5.74) is 0. The molecular formula is C78H146NO8+. The van der Waals surface area contributed by atoms with Crippen molar-refractivity contribution in [3.05, 3.63) is 48.6 Å². The van der Waals surface area contributed by atoms with Crippen molar-refractivity contribution in [3.63, 3.8) is 0 Å². The molecule has 510 valence electrons. The highest BCUT2D eigenvalue weighted by molar-refractivity contribution is 5.71. The number of hydrogen-bond acceptors (Lipinski definition) is 7. The van der Waals surface area contributed by atoms with Crippen LogP contribution >= 0.6 is 0 Å². The molecule has 0 aliphatic rings. The van der Waals surface area contributed by atoms with Gasteiger partial charge in [0.15, 0.2) is 6.10 Å². The molecule has 0 aromatic heterocycles. The Bertz CT molecular complexity index is 1570. The molecule has 0 bridgehead atoms. The average Bonchev–Trinajstić information content (AvgIpc) is 3.56. The first-order chi connectivity index (χ1) is 42.6. The standard InChI is InChI=1S/C78H145NO8/c1-6-8-10-12-14-16-18-20-22-24-26-28-30-32-34-35-36-37-38-39-40-41-43-44-46-48-50-52-54-56-58-60-62-64-66-68-75(80)85-72-74(73-86-78(77(82)83)84-71-70-79(3,4)5)87-76(81)69-67-65-63-61-59-57-55-53-51-49-47-45-42-33-31-29-27-25-23-21-19-17-15-13-11-9-7-2/h9,11,15,17,21,23,27,29,74,78H,6-8,10,12-14,16,18-20,22,24-26,28,30-73H2,1-5H3/p+1/b11-9-,17-15-,23-21-,29-27-. The molecule has 0 aromatic rings. The Balaban J connectivity index is 3.99. The molecule has 1 N–H and O–H groups in total. The van der Waals surface area contributed by atoms with Gasteiger partial charge in [-0.3, -0.25) is 9.59 Å². The Labute approximate surface area is 540 Å². The number of hydrogen-bond donors (Lipinski definition) is 1. The molecule has 0 spiro atoms. The molecule has 0 aromatic carbocycles. The summed E-state index contributed by atoms with van der Waals surface area (Å²) in [4.78, 5) is 37.7. The Kier molecular flexibility index (Phi) is 67.0. The van der Waals surface area contributed by atoms with Gasteiger partial charge in [0, 0.05) is 12.8 Å². The van der Waals surface area contributed by atoms with Crippen LogP contribution < -0.4 is 0 Å². The smallest absolute Gasteiger partial charge is 0.361 e. The molecule has 0 saturated carbocycles. The van der Waals surface area contributed by atoms with Crippen molar-refractivity contribution in [2.75, 3.05) is 47.5 Å². The van der Waals surface area contributed by atoms with Gasteiger partial charge in [-0.25, -0.2) is 4.79 Å². The lowest BCUT2D eigenvalue weighted by Crippen LogP contribution is -2.40. The van der Waals surface area contributed by atoms with Gasteiger partial charge in [0.25, 0.3) is 6.29 Å². The lowest BCUT2D eigenvalue weighted by atomic mass is 10.0. The monoisotopic (exact) mass is 1230 g/mol. The number of carbonyl (C=O) groups excluding carboxylic acids is 2. The first-order valence-electron chi connectivity index (χ1n) is 37.8. The molecule has 0 amide bonds. The summed E-state index contributed by atoms with van der Waals surface area (Å²) in [6.07, 6.45) is 86.9. The summed E-state index contributed by atoms with van der Waals surface area (Å²) < 4.78 is 23.0. The van der Waals surface area contributed by atoms with Gasteiger partial charge in [-0.1, -0.05) is 358 Å². The number of quaternary nitrogens is 1. The van der Waals surface area contributed by atoms with Gasteiger partial charge in [0.05, 0.1) is 34.4 Å². The highest BCUT2D eigenvalue weighted by Crippen LogP contribution is 2.20. The van der Waals surface area contributed by atoms with E-state index in [-0.39, 0.29) is 38.2 Å². The predicted octanol–water partition coefficient (Wildman–Crippen LogP) is 23.7. The SMILES string of the molecule is CC/C=C\C/C=C\C/C=C\C/C=C\CCCCCCCCCCCCCCCCC(=O)OC(COC(=O)CCCCCCCCCCCCCCCCCCCCCCCCCCCCCCCCCCCCC)COC(OCC[N+](C)(C)C)C(=O)O. The van der Waals surface area contributed by atoms with E-state index in [2.05, 4.69) is 62.5 Å². The normalized spacial score (nSPS) is 12.9. The molecule has 2 unspecified atom stereocenters. The Morgan fingerprint density at radius 1 is 0.356 bits per heavy atom. The van der Waals surface area contributed by atoms with Gasteiger partial charge < -0.3 is 28.5 Å². The summed E-state index contributed by atoms with van der Waals surface area (Å²) in [5, 5.41) is 9.76. The second kappa shape index (κ2) is 69.1. The zero-order valence-electron chi connectivity index (χ0n) is 58.5. The summed E-state index contributed by atoms with van der Waals surface area (Å²) >= 11 is 0. The summed E-state index contributed by atoms with van der Waals surface area (Å²) in [7, 11) is 5.99. The van der Waals surface area contributed by atoms with Gasteiger partial charge in [-0.15, -0.1) is 0 Å². The van der Waals surface area contributed by atoms with E-state index in [1.54, 1.807) is 0 Å². The van der Waals surface area contributed by atoms with Crippen molar-refractivity contribution < 1.29 is 42.9 Å². The van der Waals surface area contributed by atoms with Crippen molar-refractivity contribution in [3.8, 4) is 0 Å². The maximum absolute atomic E-state index is 13.0. The van der Waals surface area contributed by atoms with Gasteiger partial charge in [-0.05, 0) is 51.4 Å². The van der Waals surface area contributed by atoms with Gasteiger partial charge in [-0.2, -0.15) is 0 Å².